The van der Waals surface area contributed by atoms with Crippen molar-refractivity contribution in [2.24, 2.45) is 0 Å². The minimum atomic E-state index is -0.315. The zero-order valence-electron chi connectivity index (χ0n) is 16.1. The fourth-order valence-corrected chi connectivity index (χ4v) is 3.22. The molecule has 0 spiro atoms. The maximum absolute atomic E-state index is 13.0. The van der Waals surface area contributed by atoms with E-state index in [1.807, 2.05) is 19.1 Å². The van der Waals surface area contributed by atoms with Crippen LogP contribution < -0.4 is 10.2 Å². The summed E-state index contributed by atoms with van der Waals surface area (Å²) in [4.78, 5) is 19.1. The fourth-order valence-electron chi connectivity index (χ4n) is 3.22. The molecular weight excluding hydrogens is 373 g/mol. The van der Waals surface area contributed by atoms with Crippen molar-refractivity contribution in [3.63, 3.8) is 0 Å². The zero-order valence-corrected chi connectivity index (χ0v) is 16.1. The first-order valence-corrected chi connectivity index (χ1v) is 9.49. The van der Waals surface area contributed by atoms with Gasteiger partial charge in [-0.05, 0) is 48.9 Å². The first-order valence-electron chi connectivity index (χ1n) is 9.49. The molecule has 0 saturated carbocycles. The standard InChI is InChI=1S/C21H22FN5O2/c1-14-13-27(8-9-29-14)20-7-2-15(11-23-20)12-24-21(28)19-10-18(25-26-19)16-3-5-17(22)6-4-16/h2-7,10-11,14H,8-9,12-13H2,1H3,(H,24,28)(H,25,26)/t14-/m1/s1. The van der Waals surface area contributed by atoms with E-state index < -0.39 is 0 Å². The third-order valence-corrected chi connectivity index (χ3v) is 4.79. The van der Waals surface area contributed by atoms with Crippen LogP contribution in [0, 0.1) is 5.82 Å². The highest BCUT2D eigenvalue weighted by Crippen LogP contribution is 2.18. The fraction of sp³-hybridized carbons (Fsp3) is 0.286. The molecule has 7 nitrogen and oxygen atoms in total. The highest BCUT2D eigenvalue weighted by molar-refractivity contribution is 5.93. The second-order valence-electron chi connectivity index (χ2n) is 7.01. The van der Waals surface area contributed by atoms with E-state index in [2.05, 4.69) is 25.4 Å². The van der Waals surface area contributed by atoms with Gasteiger partial charge in [-0.1, -0.05) is 6.07 Å². The number of hydrogen-bond donors (Lipinski definition) is 2. The molecule has 1 amide bonds. The number of aromatic nitrogens is 3. The topological polar surface area (TPSA) is 83.1 Å². The summed E-state index contributed by atoms with van der Waals surface area (Å²) in [6.07, 6.45) is 1.96. The average Bonchev–Trinajstić information content (AvgIpc) is 3.23. The predicted molar refractivity (Wildman–Crippen MR) is 107 cm³/mol. The van der Waals surface area contributed by atoms with Crippen LogP contribution in [-0.2, 0) is 11.3 Å². The third-order valence-electron chi connectivity index (χ3n) is 4.79. The second-order valence-corrected chi connectivity index (χ2v) is 7.01. The van der Waals surface area contributed by atoms with E-state index in [1.54, 1.807) is 24.4 Å². The van der Waals surface area contributed by atoms with Crippen LogP contribution in [0.2, 0.25) is 0 Å². The number of aromatic amines is 1. The Labute approximate surface area is 167 Å². The number of amides is 1. The van der Waals surface area contributed by atoms with Crippen LogP contribution in [0.15, 0.2) is 48.7 Å². The number of nitrogens with zero attached hydrogens (tertiary/aromatic N) is 3. The van der Waals surface area contributed by atoms with E-state index in [0.29, 0.717) is 24.5 Å². The van der Waals surface area contributed by atoms with E-state index >= 15 is 0 Å². The van der Waals surface area contributed by atoms with Crippen LogP contribution in [0.1, 0.15) is 23.0 Å². The van der Waals surface area contributed by atoms with Crippen molar-refractivity contribution in [3.8, 4) is 11.3 Å². The number of rotatable bonds is 5. The van der Waals surface area contributed by atoms with Gasteiger partial charge in [0.2, 0.25) is 0 Å². The molecule has 1 aliphatic heterocycles. The first-order chi connectivity index (χ1) is 14.1. The van der Waals surface area contributed by atoms with Gasteiger partial charge in [0, 0.05) is 31.4 Å². The molecule has 0 radical (unpaired) electrons. The lowest BCUT2D eigenvalue weighted by atomic mass is 10.1. The zero-order chi connectivity index (χ0) is 20.2. The smallest absolute Gasteiger partial charge is 0.269 e. The van der Waals surface area contributed by atoms with Gasteiger partial charge >= 0.3 is 0 Å². The summed E-state index contributed by atoms with van der Waals surface area (Å²) in [6.45, 7) is 4.75. The van der Waals surface area contributed by atoms with Crippen molar-refractivity contribution in [3.05, 3.63) is 65.7 Å². The molecule has 1 atom stereocenters. The highest BCUT2D eigenvalue weighted by Gasteiger charge is 2.18. The van der Waals surface area contributed by atoms with E-state index in [9.17, 15) is 9.18 Å². The number of ether oxygens (including phenoxy) is 1. The molecule has 3 aromatic rings. The van der Waals surface area contributed by atoms with E-state index in [-0.39, 0.29) is 17.8 Å². The number of benzene rings is 1. The summed E-state index contributed by atoms with van der Waals surface area (Å²) in [5.41, 5.74) is 2.57. The number of hydrogen-bond acceptors (Lipinski definition) is 5. The summed E-state index contributed by atoms with van der Waals surface area (Å²) in [7, 11) is 0. The quantitative estimate of drug-likeness (QED) is 0.694. The molecule has 150 valence electrons. The van der Waals surface area contributed by atoms with Crippen molar-refractivity contribution in [2.45, 2.75) is 19.6 Å². The van der Waals surface area contributed by atoms with Crippen LogP contribution in [0.3, 0.4) is 0 Å². The Bertz CT molecular complexity index is 971. The Morgan fingerprint density at radius 1 is 1.31 bits per heavy atom. The van der Waals surface area contributed by atoms with Gasteiger partial charge in [-0.2, -0.15) is 5.10 Å². The number of nitrogens with one attached hydrogen (secondary N) is 2. The van der Waals surface area contributed by atoms with Crippen molar-refractivity contribution >= 4 is 11.7 Å². The van der Waals surface area contributed by atoms with Gasteiger partial charge in [0.15, 0.2) is 0 Å². The monoisotopic (exact) mass is 395 g/mol. The molecule has 0 bridgehead atoms. The highest BCUT2D eigenvalue weighted by atomic mass is 19.1. The second kappa shape index (κ2) is 8.40. The third kappa shape index (κ3) is 4.60. The molecule has 1 aliphatic rings. The molecule has 29 heavy (non-hydrogen) atoms. The van der Waals surface area contributed by atoms with Gasteiger partial charge in [-0.15, -0.1) is 0 Å². The Balaban J connectivity index is 1.34. The lowest BCUT2D eigenvalue weighted by Gasteiger charge is -2.32. The van der Waals surface area contributed by atoms with Gasteiger partial charge in [0.1, 0.15) is 17.3 Å². The van der Waals surface area contributed by atoms with Crippen molar-refractivity contribution in [2.75, 3.05) is 24.6 Å². The van der Waals surface area contributed by atoms with Crippen molar-refractivity contribution in [1.82, 2.24) is 20.5 Å². The average molecular weight is 395 g/mol. The van der Waals surface area contributed by atoms with Crippen LogP contribution in [0.4, 0.5) is 10.2 Å². The summed E-state index contributed by atoms with van der Waals surface area (Å²) in [5.74, 6) is 0.328. The van der Waals surface area contributed by atoms with Crippen LogP contribution in [-0.4, -0.2) is 46.9 Å². The molecular formula is C21H22FN5O2. The Morgan fingerprint density at radius 2 is 2.14 bits per heavy atom. The molecule has 4 rings (SSSR count). The van der Waals surface area contributed by atoms with E-state index in [4.69, 9.17) is 4.74 Å². The Kier molecular flexibility index (Phi) is 5.53. The maximum atomic E-state index is 13.0. The normalized spacial score (nSPS) is 16.6. The number of halogens is 1. The van der Waals surface area contributed by atoms with Crippen molar-refractivity contribution in [1.29, 1.82) is 0 Å². The lowest BCUT2D eigenvalue weighted by molar-refractivity contribution is 0.0529. The number of pyridine rings is 1. The molecule has 2 aromatic heterocycles. The Hall–Kier alpha value is -3.26. The van der Waals surface area contributed by atoms with Gasteiger partial charge in [-0.25, -0.2) is 9.37 Å². The number of anilines is 1. The largest absolute Gasteiger partial charge is 0.375 e. The molecule has 2 N–H and O–H groups in total. The lowest BCUT2D eigenvalue weighted by Crippen LogP contribution is -2.41. The first kappa shape index (κ1) is 19.1. The van der Waals surface area contributed by atoms with Gasteiger partial charge in [0.05, 0.1) is 18.4 Å². The van der Waals surface area contributed by atoms with Crippen LogP contribution in [0.25, 0.3) is 11.3 Å². The molecule has 0 unspecified atom stereocenters. The van der Waals surface area contributed by atoms with E-state index in [0.717, 1.165) is 30.0 Å². The molecule has 1 aromatic carbocycles. The minimum Gasteiger partial charge on any atom is -0.375 e. The molecule has 8 heteroatoms. The summed E-state index contributed by atoms with van der Waals surface area (Å²) < 4.78 is 18.6. The summed E-state index contributed by atoms with van der Waals surface area (Å²) in [5, 5.41) is 9.70. The van der Waals surface area contributed by atoms with Crippen LogP contribution in [0.5, 0.6) is 0 Å². The minimum absolute atomic E-state index is 0.193. The summed E-state index contributed by atoms with van der Waals surface area (Å²) in [6, 6.07) is 11.5. The SMILES string of the molecule is C[C@@H]1CN(c2ccc(CNC(=O)c3cc(-c4ccc(F)cc4)n[nH]3)cn2)CCO1. The molecule has 3 heterocycles. The summed E-state index contributed by atoms with van der Waals surface area (Å²) >= 11 is 0. The number of carbonyl (C=O) groups is 1. The molecule has 0 aliphatic carbocycles. The molecule has 1 fully saturated rings. The number of morpholine rings is 1. The predicted octanol–water partition coefficient (Wildman–Crippen LogP) is 2.77. The molecule has 1 saturated heterocycles. The van der Waals surface area contributed by atoms with Gasteiger partial charge in [0.25, 0.3) is 5.91 Å². The van der Waals surface area contributed by atoms with Gasteiger partial charge < -0.3 is 15.0 Å². The number of carbonyl (C=O) groups excluding carboxylic acids is 1. The number of H-pyrrole nitrogens is 1. The van der Waals surface area contributed by atoms with Crippen molar-refractivity contribution < 1.29 is 13.9 Å². The van der Waals surface area contributed by atoms with E-state index in [1.165, 1.54) is 12.1 Å². The van der Waals surface area contributed by atoms with Crippen LogP contribution >= 0.6 is 0 Å². The van der Waals surface area contributed by atoms with Gasteiger partial charge in [-0.3, -0.25) is 9.89 Å². The Morgan fingerprint density at radius 3 is 2.86 bits per heavy atom. The maximum Gasteiger partial charge on any atom is 0.269 e.